The van der Waals surface area contributed by atoms with Crippen molar-refractivity contribution in [1.29, 1.82) is 0 Å². The number of nitrogens with zero attached hydrogens (tertiary/aromatic N) is 1. The van der Waals surface area contributed by atoms with Gasteiger partial charge < -0.3 is 5.73 Å². The minimum Gasteiger partial charge on any atom is -0.328 e. The first-order valence-electron chi connectivity index (χ1n) is 5.53. The van der Waals surface area contributed by atoms with E-state index >= 15 is 0 Å². The van der Waals surface area contributed by atoms with Crippen molar-refractivity contribution in [1.82, 2.24) is 4.31 Å². The van der Waals surface area contributed by atoms with Crippen molar-refractivity contribution in [2.24, 2.45) is 5.73 Å². The Hall–Kier alpha value is -0.340. The lowest BCUT2D eigenvalue weighted by molar-refractivity contribution is -0.0504. The normalized spacial score (nSPS) is 27.4. The molecule has 102 valence electrons. The summed E-state index contributed by atoms with van der Waals surface area (Å²) in [6.07, 6.45) is 1.91. The maximum atomic E-state index is 12.4. The van der Waals surface area contributed by atoms with E-state index in [-0.39, 0.29) is 12.6 Å². The Labute approximate surface area is 99.0 Å². The van der Waals surface area contributed by atoms with Crippen LogP contribution in [0.15, 0.2) is 0 Å². The summed E-state index contributed by atoms with van der Waals surface area (Å²) in [6, 6.07) is -0.607. The van der Waals surface area contributed by atoms with Gasteiger partial charge in [-0.05, 0) is 25.7 Å². The molecule has 0 heterocycles. The average Bonchev–Trinajstić information content (AvgIpc) is 2.20. The van der Waals surface area contributed by atoms with Crippen LogP contribution in [0.2, 0.25) is 0 Å². The van der Waals surface area contributed by atoms with Gasteiger partial charge in [-0.2, -0.15) is 17.5 Å². The number of hydrogen-bond donors (Lipinski definition) is 1. The molecule has 1 rings (SSSR count). The highest BCUT2D eigenvalue weighted by molar-refractivity contribution is 7.90. The lowest BCUT2D eigenvalue weighted by Gasteiger charge is -2.34. The fourth-order valence-corrected chi connectivity index (χ4v) is 3.36. The van der Waals surface area contributed by atoms with E-state index in [1.165, 1.54) is 6.92 Å². The zero-order chi connectivity index (χ0) is 13.3. The first-order chi connectivity index (χ1) is 7.70. The Balaban J connectivity index is 2.86. The van der Waals surface area contributed by atoms with E-state index in [2.05, 4.69) is 0 Å². The van der Waals surface area contributed by atoms with Crippen molar-refractivity contribution in [3.05, 3.63) is 0 Å². The molecule has 0 atom stereocenters. The zero-order valence-electron chi connectivity index (χ0n) is 9.57. The summed E-state index contributed by atoms with van der Waals surface area (Å²) in [4.78, 5) is 0. The van der Waals surface area contributed by atoms with Gasteiger partial charge in [-0.3, -0.25) is 0 Å². The van der Waals surface area contributed by atoms with Gasteiger partial charge in [-0.1, -0.05) is 6.92 Å². The van der Waals surface area contributed by atoms with Crippen LogP contribution < -0.4 is 5.73 Å². The van der Waals surface area contributed by atoms with Gasteiger partial charge in [0.15, 0.2) is 0 Å². The second kappa shape index (κ2) is 5.11. The highest BCUT2D eigenvalue weighted by atomic mass is 32.2. The summed E-state index contributed by atoms with van der Waals surface area (Å²) in [5, 5.41) is 0. The minimum absolute atomic E-state index is 0.0291. The van der Waals surface area contributed by atoms with E-state index in [9.17, 15) is 21.6 Å². The predicted octanol–water partition coefficient (Wildman–Crippen LogP) is 1.43. The van der Waals surface area contributed by atoms with Crippen molar-refractivity contribution in [3.8, 4) is 0 Å². The Morgan fingerprint density at radius 3 is 2.06 bits per heavy atom. The Bertz CT molecular complexity index is 348. The molecule has 0 aliphatic heterocycles. The number of halogens is 3. The van der Waals surface area contributed by atoms with E-state index in [0.29, 0.717) is 30.0 Å². The van der Waals surface area contributed by atoms with E-state index in [1.807, 2.05) is 0 Å². The second-order valence-electron chi connectivity index (χ2n) is 4.22. The fourth-order valence-electron chi connectivity index (χ4n) is 2.15. The van der Waals surface area contributed by atoms with Crippen molar-refractivity contribution in [2.45, 2.75) is 50.2 Å². The van der Waals surface area contributed by atoms with Crippen LogP contribution in [0.4, 0.5) is 13.2 Å². The van der Waals surface area contributed by atoms with Gasteiger partial charge in [-0.25, -0.2) is 8.42 Å². The van der Waals surface area contributed by atoms with E-state index in [0.717, 1.165) is 0 Å². The van der Waals surface area contributed by atoms with Crippen LogP contribution >= 0.6 is 0 Å². The topological polar surface area (TPSA) is 63.4 Å². The Morgan fingerprint density at radius 2 is 1.71 bits per heavy atom. The van der Waals surface area contributed by atoms with Crippen LogP contribution in [-0.4, -0.2) is 36.9 Å². The summed E-state index contributed by atoms with van der Waals surface area (Å²) in [5.74, 6) is 0. The van der Waals surface area contributed by atoms with Gasteiger partial charge in [0.2, 0.25) is 0 Å². The maximum absolute atomic E-state index is 12.4. The molecule has 0 spiro atoms. The molecule has 0 radical (unpaired) electrons. The van der Waals surface area contributed by atoms with Crippen LogP contribution in [-0.2, 0) is 10.0 Å². The van der Waals surface area contributed by atoms with Crippen LogP contribution in [0, 0.1) is 0 Å². The summed E-state index contributed by atoms with van der Waals surface area (Å²) in [6.45, 7) is 1.25. The van der Waals surface area contributed by atoms with Crippen LogP contribution in [0.5, 0.6) is 0 Å². The third-order valence-electron chi connectivity index (χ3n) is 3.06. The molecule has 1 saturated carbocycles. The van der Waals surface area contributed by atoms with E-state index in [4.69, 9.17) is 5.73 Å². The Morgan fingerprint density at radius 1 is 1.24 bits per heavy atom. The summed E-state index contributed by atoms with van der Waals surface area (Å²) in [7, 11) is -5.21. The largest absolute Gasteiger partial charge is 0.511 e. The molecule has 0 amide bonds. The van der Waals surface area contributed by atoms with Crippen molar-refractivity contribution in [3.63, 3.8) is 0 Å². The number of alkyl halides is 3. The number of sulfonamides is 1. The van der Waals surface area contributed by atoms with Crippen LogP contribution in [0.3, 0.4) is 0 Å². The molecule has 4 nitrogen and oxygen atoms in total. The monoisotopic (exact) mass is 274 g/mol. The van der Waals surface area contributed by atoms with Gasteiger partial charge >= 0.3 is 15.5 Å². The van der Waals surface area contributed by atoms with E-state index in [1.54, 1.807) is 0 Å². The number of hydrogen-bond acceptors (Lipinski definition) is 3. The summed E-state index contributed by atoms with van der Waals surface area (Å²) < 4.78 is 60.6. The smallest absolute Gasteiger partial charge is 0.328 e. The average molecular weight is 274 g/mol. The zero-order valence-corrected chi connectivity index (χ0v) is 10.4. The first kappa shape index (κ1) is 14.7. The second-order valence-corrected chi connectivity index (χ2v) is 6.10. The van der Waals surface area contributed by atoms with Crippen molar-refractivity contribution >= 4 is 10.0 Å². The molecule has 1 fully saturated rings. The summed E-state index contributed by atoms with van der Waals surface area (Å²) >= 11 is 0. The highest BCUT2D eigenvalue weighted by Gasteiger charge is 2.51. The van der Waals surface area contributed by atoms with Crippen molar-refractivity contribution < 1.29 is 21.6 Å². The van der Waals surface area contributed by atoms with Gasteiger partial charge in [0, 0.05) is 18.6 Å². The molecule has 1 aliphatic rings. The maximum Gasteiger partial charge on any atom is 0.511 e. The quantitative estimate of drug-likeness (QED) is 0.846. The molecule has 0 aromatic heterocycles. The molecule has 0 aromatic rings. The third-order valence-corrected chi connectivity index (χ3v) is 4.82. The van der Waals surface area contributed by atoms with E-state index < -0.39 is 21.6 Å². The van der Waals surface area contributed by atoms with Gasteiger partial charge in [0.05, 0.1) is 0 Å². The molecular weight excluding hydrogens is 257 g/mol. The predicted molar refractivity (Wildman–Crippen MR) is 57.6 cm³/mol. The fraction of sp³-hybridized carbons (Fsp3) is 1.00. The van der Waals surface area contributed by atoms with Gasteiger partial charge in [-0.15, -0.1) is 0 Å². The van der Waals surface area contributed by atoms with Crippen LogP contribution in [0.25, 0.3) is 0 Å². The third kappa shape index (κ3) is 3.11. The lowest BCUT2D eigenvalue weighted by atomic mass is 9.92. The SMILES string of the molecule is CCN(C1CCC(N)CC1)S(=O)(=O)C(F)(F)F. The van der Waals surface area contributed by atoms with Crippen LogP contribution in [0.1, 0.15) is 32.6 Å². The van der Waals surface area contributed by atoms with Crippen molar-refractivity contribution in [2.75, 3.05) is 6.54 Å². The molecule has 0 bridgehead atoms. The molecule has 0 saturated heterocycles. The highest BCUT2D eigenvalue weighted by Crippen LogP contribution is 2.32. The standard InChI is InChI=1S/C9H17F3N2O2S/c1-2-14(17(15,16)9(10,11)12)8-5-3-7(13)4-6-8/h7-8H,2-6,13H2,1H3. The number of nitrogens with two attached hydrogens (primary N) is 1. The minimum atomic E-state index is -5.22. The van der Waals surface area contributed by atoms with Gasteiger partial charge in [0.25, 0.3) is 0 Å². The number of rotatable bonds is 3. The molecule has 2 N–H and O–H groups in total. The molecular formula is C9H17F3N2O2S. The Kier molecular flexibility index (Phi) is 4.43. The summed E-state index contributed by atoms with van der Waals surface area (Å²) in [5.41, 5.74) is 0.424. The first-order valence-corrected chi connectivity index (χ1v) is 6.97. The lowest BCUT2D eigenvalue weighted by Crippen LogP contribution is -2.48. The van der Waals surface area contributed by atoms with Gasteiger partial charge in [0.1, 0.15) is 0 Å². The molecule has 0 aromatic carbocycles. The molecule has 17 heavy (non-hydrogen) atoms. The molecule has 0 unspecified atom stereocenters. The molecule has 1 aliphatic carbocycles. The molecule has 8 heteroatoms.